The highest BCUT2D eigenvalue weighted by Gasteiger charge is 2.35. The zero-order valence-corrected chi connectivity index (χ0v) is 8.69. The third-order valence-corrected chi connectivity index (χ3v) is 2.99. The fourth-order valence-electron chi connectivity index (χ4n) is 2.11. The van der Waals surface area contributed by atoms with Gasteiger partial charge in [0.05, 0.1) is 19.3 Å². The molecule has 2 unspecified atom stereocenters. The average molecular weight is 206 g/mol. The summed E-state index contributed by atoms with van der Waals surface area (Å²) in [7, 11) is 0. The van der Waals surface area contributed by atoms with Crippen LogP contribution in [-0.2, 0) is 11.2 Å². The first-order valence-electron chi connectivity index (χ1n) is 5.37. The minimum atomic E-state index is 0.145. The Kier molecular flexibility index (Phi) is 2.02. The lowest BCUT2D eigenvalue weighted by atomic mass is 10.1. The van der Waals surface area contributed by atoms with E-state index in [1.807, 2.05) is 12.3 Å². The van der Waals surface area contributed by atoms with Crippen molar-refractivity contribution < 1.29 is 9.47 Å². The first-order chi connectivity index (χ1) is 7.38. The molecule has 1 aromatic heterocycles. The number of aryl methyl sites for hydroxylation is 1. The molecule has 0 bridgehead atoms. The molecule has 1 N–H and O–H groups in total. The Bertz CT molecular complexity index is 381. The van der Waals surface area contributed by atoms with Gasteiger partial charge in [0.25, 0.3) is 0 Å². The second-order valence-electron chi connectivity index (χ2n) is 3.95. The van der Waals surface area contributed by atoms with Gasteiger partial charge in [0.15, 0.2) is 11.6 Å². The molecule has 0 amide bonds. The van der Waals surface area contributed by atoms with Gasteiger partial charge in [-0.1, -0.05) is 6.92 Å². The highest BCUT2D eigenvalue weighted by atomic mass is 16.6. The summed E-state index contributed by atoms with van der Waals surface area (Å²) in [5.41, 5.74) is 1.21. The molecule has 15 heavy (non-hydrogen) atoms. The van der Waals surface area contributed by atoms with Gasteiger partial charge in [-0.3, -0.25) is 0 Å². The summed E-state index contributed by atoms with van der Waals surface area (Å²) in [5, 5.41) is 3.37. The van der Waals surface area contributed by atoms with Crippen molar-refractivity contribution >= 4 is 5.82 Å². The molecule has 2 aliphatic rings. The number of hydrogen-bond donors (Lipinski definition) is 1. The van der Waals surface area contributed by atoms with Crippen molar-refractivity contribution in [1.29, 1.82) is 0 Å². The monoisotopic (exact) mass is 206 g/mol. The molecule has 0 radical (unpaired) electrons. The van der Waals surface area contributed by atoms with Gasteiger partial charge in [0.1, 0.15) is 6.10 Å². The van der Waals surface area contributed by atoms with Crippen LogP contribution in [0.2, 0.25) is 0 Å². The molecule has 0 aromatic carbocycles. The number of rotatable bonds is 1. The van der Waals surface area contributed by atoms with Crippen LogP contribution in [0.1, 0.15) is 12.5 Å². The Morgan fingerprint density at radius 3 is 3.33 bits per heavy atom. The molecule has 3 heterocycles. The lowest BCUT2D eigenvalue weighted by molar-refractivity contribution is 0.138. The Morgan fingerprint density at radius 2 is 2.47 bits per heavy atom. The van der Waals surface area contributed by atoms with E-state index in [1.54, 1.807) is 0 Å². The van der Waals surface area contributed by atoms with Crippen molar-refractivity contribution in [2.24, 2.45) is 0 Å². The predicted octanol–water partition coefficient (Wildman–Crippen LogP) is 1.22. The normalized spacial score (nSPS) is 27.5. The van der Waals surface area contributed by atoms with Crippen molar-refractivity contribution in [1.82, 2.24) is 4.98 Å². The zero-order valence-electron chi connectivity index (χ0n) is 8.69. The number of aromatic nitrogens is 1. The van der Waals surface area contributed by atoms with Crippen LogP contribution in [-0.4, -0.2) is 30.3 Å². The van der Waals surface area contributed by atoms with E-state index in [4.69, 9.17) is 9.47 Å². The van der Waals surface area contributed by atoms with Crippen LogP contribution in [0.3, 0.4) is 0 Å². The van der Waals surface area contributed by atoms with Gasteiger partial charge in [-0.2, -0.15) is 0 Å². The molecule has 4 heteroatoms. The van der Waals surface area contributed by atoms with Gasteiger partial charge < -0.3 is 14.8 Å². The van der Waals surface area contributed by atoms with Gasteiger partial charge in [-0.25, -0.2) is 4.98 Å². The topological polar surface area (TPSA) is 43.4 Å². The second-order valence-corrected chi connectivity index (χ2v) is 3.95. The fraction of sp³-hybridized carbons (Fsp3) is 0.545. The third-order valence-electron chi connectivity index (χ3n) is 2.99. The molecule has 2 atom stereocenters. The van der Waals surface area contributed by atoms with Crippen LogP contribution in [0.15, 0.2) is 12.3 Å². The first-order valence-corrected chi connectivity index (χ1v) is 5.37. The van der Waals surface area contributed by atoms with E-state index in [-0.39, 0.29) is 12.1 Å². The van der Waals surface area contributed by atoms with E-state index in [0.29, 0.717) is 13.2 Å². The van der Waals surface area contributed by atoms with Gasteiger partial charge in [0.2, 0.25) is 0 Å². The van der Waals surface area contributed by atoms with Crippen LogP contribution in [0, 0.1) is 0 Å². The summed E-state index contributed by atoms with van der Waals surface area (Å²) >= 11 is 0. The molecule has 1 aromatic rings. The van der Waals surface area contributed by atoms with Crippen LogP contribution >= 0.6 is 0 Å². The Hall–Kier alpha value is -1.29. The highest BCUT2D eigenvalue weighted by molar-refractivity contribution is 5.57. The van der Waals surface area contributed by atoms with Gasteiger partial charge in [-0.15, -0.1) is 0 Å². The number of pyridine rings is 1. The quantitative estimate of drug-likeness (QED) is 0.750. The van der Waals surface area contributed by atoms with E-state index >= 15 is 0 Å². The maximum absolute atomic E-state index is 5.93. The van der Waals surface area contributed by atoms with Gasteiger partial charge >= 0.3 is 0 Å². The summed E-state index contributed by atoms with van der Waals surface area (Å²) < 4.78 is 11.3. The summed E-state index contributed by atoms with van der Waals surface area (Å²) in [5.74, 6) is 1.77. The van der Waals surface area contributed by atoms with Crippen molar-refractivity contribution in [2.45, 2.75) is 25.5 Å². The molecule has 4 nitrogen and oxygen atoms in total. The Balaban J connectivity index is 1.99. The molecule has 0 spiro atoms. The zero-order chi connectivity index (χ0) is 10.3. The number of nitrogens with one attached hydrogen (secondary N) is 1. The fourth-order valence-corrected chi connectivity index (χ4v) is 2.11. The molecule has 1 saturated heterocycles. The van der Waals surface area contributed by atoms with E-state index in [2.05, 4.69) is 17.2 Å². The molecule has 2 aliphatic heterocycles. The number of hydrogen-bond acceptors (Lipinski definition) is 4. The largest absolute Gasteiger partial charge is 0.482 e. The Labute approximate surface area is 88.6 Å². The minimum absolute atomic E-state index is 0.145. The maximum atomic E-state index is 5.93. The lowest BCUT2D eigenvalue weighted by Crippen LogP contribution is -2.40. The Morgan fingerprint density at radius 1 is 1.53 bits per heavy atom. The number of anilines is 1. The molecular formula is C11H14N2O2. The maximum Gasteiger partial charge on any atom is 0.169 e. The SMILES string of the molecule is CCc1ccnc2c1OC1COCC1N2. The summed E-state index contributed by atoms with van der Waals surface area (Å²) in [6, 6.07) is 2.27. The van der Waals surface area contributed by atoms with Crippen molar-refractivity contribution in [3.63, 3.8) is 0 Å². The van der Waals surface area contributed by atoms with Crippen LogP contribution < -0.4 is 10.1 Å². The highest BCUT2D eigenvalue weighted by Crippen LogP contribution is 2.34. The number of nitrogens with zero attached hydrogens (tertiary/aromatic N) is 1. The summed E-state index contributed by atoms with van der Waals surface area (Å²) in [6.45, 7) is 3.51. The first kappa shape index (κ1) is 8.97. The van der Waals surface area contributed by atoms with Crippen LogP contribution in [0.4, 0.5) is 5.82 Å². The lowest BCUT2D eigenvalue weighted by Gasteiger charge is -2.29. The van der Waals surface area contributed by atoms with Gasteiger partial charge in [-0.05, 0) is 18.1 Å². The van der Waals surface area contributed by atoms with E-state index in [9.17, 15) is 0 Å². The number of fused-ring (bicyclic) bond motifs is 2. The van der Waals surface area contributed by atoms with Gasteiger partial charge in [0, 0.05) is 6.20 Å². The average Bonchev–Trinajstić information content (AvgIpc) is 2.72. The molecule has 3 rings (SSSR count). The van der Waals surface area contributed by atoms with Crippen molar-refractivity contribution in [3.8, 4) is 5.75 Å². The van der Waals surface area contributed by atoms with Crippen molar-refractivity contribution in [3.05, 3.63) is 17.8 Å². The third kappa shape index (κ3) is 1.36. The van der Waals surface area contributed by atoms with E-state index < -0.39 is 0 Å². The predicted molar refractivity (Wildman–Crippen MR) is 56.3 cm³/mol. The minimum Gasteiger partial charge on any atom is -0.482 e. The molecule has 0 saturated carbocycles. The smallest absolute Gasteiger partial charge is 0.169 e. The molecule has 0 aliphatic carbocycles. The van der Waals surface area contributed by atoms with Crippen LogP contribution in [0.25, 0.3) is 0 Å². The second kappa shape index (κ2) is 3.38. The molecular weight excluding hydrogens is 192 g/mol. The molecule has 1 fully saturated rings. The van der Waals surface area contributed by atoms with Crippen LogP contribution in [0.5, 0.6) is 5.75 Å². The van der Waals surface area contributed by atoms with Crippen molar-refractivity contribution in [2.75, 3.05) is 18.5 Å². The standard InChI is InChI=1S/C11H14N2O2/c1-2-7-3-4-12-11-10(7)15-9-6-14-5-8(9)13-11/h3-4,8-9H,2,5-6H2,1H3,(H,12,13). The van der Waals surface area contributed by atoms with E-state index in [0.717, 1.165) is 18.0 Å². The summed E-state index contributed by atoms with van der Waals surface area (Å²) in [4.78, 5) is 4.30. The summed E-state index contributed by atoms with van der Waals surface area (Å²) in [6.07, 6.45) is 2.93. The number of ether oxygens (including phenoxy) is 2. The molecule has 80 valence electrons. The van der Waals surface area contributed by atoms with E-state index in [1.165, 1.54) is 5.56 Å².